The zero-order valence-corrected chi connectivity index (χ0v) is 16.0. The van der Waals surface area contributed by atoms with Gasteiger partial charge in [-0.3, -0.25) is 4.98 Å². The average Bonchev–Trinajstić information content (AvgIpc) is 2.95. The van der Waals surface area contributed by atoms with Gasteiger partial charge in [-0.2, -0.15) is 13.2 Å². The van der Waals surface area contributed by atoms with Gasteiger partial charge in [0, 0.05) is 18.0 Å². The number of halogens is 3. The van der Waals surface area contributed by atoms with Crippen LogP contribution in [0.2, 0.25) is 0 Å². The van der Waals surface area contributed by atoms with E-state index in [1.54, 1.807) is 6.07 Å². The third-order valence-corrected chi connectivity index (χ3v) is 4.50. The van der Waals surface area contributed by atoms with Crippen LogP contribution in [0.1, 0.15) is 29.9 Å². The zero-order valence-electron chi connectivity index (χ0n) is 16.0. The Kier molecular flexibility index (Phi) is 5.36. The maximum Gasteiger partial charge on any atom is 0.422 e. The van der Waals surface area contributed by atoms with Crippen molar-refractivity contribution in [2.45, 2.75) is 26.1 Å². The van der Waals surface area contributed by atoms with Crippen LogP contribution in [-0.2, 0) is 7.05 Å². The summed E-state index contributed by atoms with van der Waals surface area (Å²) in [6.45, 7) is 6.76. The summed E-state index contributed by atoms with van der Waals surface area (Å²) in [5.41, 5.74) is 4.67. The molecule has 0 aliphatic carbocycles. The Morgan fingerprint density at radius 1 is 1.25 bits per heavy atom. The molecule has 1 aromatic carbocycles. The number of ether oxygens (including phenoxy) is 1. The lowest BCUT2D eigenvalue weighted by atomic mass is 10.1. The van der Waals surface area contributed by atoms with Crippen molar-refractivity contribution in [3.63, 3.8) is 0 Å². The summed E-state index contributed by atoms with van der Waals surface area (Å²) in [7, 11) is 1.98. The fourth-order valence-electron chi connectivity index (χ4n) is 3.07. The molecule has 4 nitrogen and oxygen atoms in total. The number of aromatic nitrogens is 2. The topological polar surface area (TPSA) is 39.1 Å². The second-order valence-electron chi connectivity index (χ2n) is 6.82. The van der Waals surface area contributed by atoms with Crippen LogP contribution in [0.4, 0.5) is 13.2 Å². The molecule has 2 aromatic heterocycles. The quantitative estimate of drug-likeness (QED) is 0.634. The van der Waals surface area contributed by atoms with E-state index in [4.69, 9.17) is 0 Å². The number of fused-ring (bicyclic) bond motifs is 1. The van der Waals surface area contributed by atoms with Crippen molar-refractivity contribution in [1.29, 1.82) is 0 Å². The summed E-state index contributed by atoms with van der Waals surface area (Å²) in [4.78, 5) is 4.20. The van der Waals surface area contributed by atoms with E-state index in [1.165, 1.54) is 17.8 Å². The summed E-state index contributed by atoms with van der Waals surface area (Å²) in [5.74, 6) is 0.0798. The van der Waals surface area contributed by atoms with E-state index in [0.717, 1.165) is 22.3 Å². The maximum atomic E-state index is 12.2. The lowest BCUT2D eigenvalue weighted by Crippen LogP contribution is -2.20. The molecule has 0 aliphatic rings. The number of hydrogen-bond donors (Lipinski definition) is 1. The van der Waals surface area contributed by atoms with Crippen molar-refractivity contribution in [1.82, 2.24) is 14.9 Å². The number of pyridine rings is 1. The Morgan fingerprint density at radius 3 is 2.64 bits per heavy atom. The van der Waals surface area contributed by atoms with E-state index in [9.17, 15) is 13.2 Å². The van der Waals surface area contributed by atoms with Gasteiger partial charge in [0.25, 0.3) is 0 Å². The van der Waals surface area contributed by atoms with Crippen molar-refractivity contribution in [2.24, 2.45) is 7.05 Å². The van der Waals surface area contributed by atoms with Crippen molar-refractivity contribution < 1.29 is 17.9 Å². The third-order valence-electron chi connectivity index (χ3n) is 4.50. The van der Waals surface area contributed by atoms with Gasteiger partial charge in [0.05, 0.1) is 29.3 Å². The molecule has 2 heterocycles. The van der Waals surface area contributed by atoms with Gasteiger partial charge >= 0.3 is 6.18 Å². The highest BCUT2D eigenvalue weighted by Crippen LogP contribution is 2.25. The van der Waals surface area contributed by atoms with Gasteiger partial charge in [-0.25, -0.2) is 0 Å². The molecule has 28 heavy (non-hydrogen) atoms. The Balaban J connectivity index is 1.70. The molecule has 0 amide bonds. The second kappa shape index (κ2) is 7.58. The Labute approximate surface area is 161 Å². The molecule has 3 rings (SSSR count). The molecule has 3 aromatic rings. The fraction of sp³-hybridized carbons (Fsp3) is 0.286. The van der Waals surface area contributed by atoms with Gasteiger partial charge in [-0.1, -0.05) is 18.2 Å². The van der Waals surface area contributed by atoms with Crippen LogP contribution in [0.5, 0.6) is 5.75 Å². The number of aryl methyl sites for hydroxylation is 2. The number of nitrogens with zero attached hydrogens (tertiary/aromatic N) is 2. The summed E-state index contributed by atoms with van der Waals surface area (Å²) >= 11 is 0. The molecular weight excluding hydrogens is 367 g/mol. The first-order valence-corrected chi connectivity index (χ1v) is 8.81. The number of benzene rings is 1. The molecule has 0 spiro atoms. The highest BCUT2D eigenvalue weighted by atomic mass is 19.4. The number of alkyl halides is 3. The molecule has 0 fully saturated rings. The molecule has 0 saturated heterocycles. The molecule has 0 bridgehead atoms. The summed E-state index contributed by atoms with van der Waals surface area (Å²) in [5, 5.41) is 4.44. The van der Waals surface area contributed by atoms with Gasteiger partial charge < -0.3 is 14.6 Å². The number of nitrogens with one attached hydrogen (secondary N) is 1. The van der Waals surface area contributed by atoms with Gasteiger partial charge in [0.2, 0.25) is 0 Å². The molecule has 1 atom stereocenters. The van der Waals surface area contributed by atoms with Gasteiger partial charge in [0.1, 0.15) is 5.75 Å². The third kappa shape index (κ3) is 4.47. The number of hydrogen-bond acceptors (Lipinski definition) is 3. The maximum absolute atomic E-state index is 12.2. The molecule has 7 heteroatoms. The fourth-order valence-corrected chi connectivity index (χ4v) is 3.07. The Bertz CT molecular complexity index is 991. The second-order valence-corrected chi connectivity index (χ2v) is 6.82. The normalized spacial score (nSPS) is 12.8. The molecular formula is C21H22F3N3O. The van der Waals surface area contributed by atoms with Crippen LogP contribution in [0.3, 0.4) is 0 Å². The van der Waals surface area contributed by atoms with Crippen molar-refractivity contribution >= 4 is 16.6 Å². The SMILES string of the molecule is C=C(N[C@H](C)c1ccc(OCC(F)(F)F)cn1)c1cc2cc(C)ccc2n1C. The smallest absolute Gasteiger partial charge is 0.422 e. The minimum Gasteiger partial charge on any atom is -0.483 e. The first kappa shape index (κ1) is 19.8. The van der Waals surface area contributed by atoms with Gasteiger partial charge in [-0.15, -0.1) is 0 Å². The van der Waals surface area contributed by atoms with Crippen molar-refractivity contribution in [3.8, 4) is 5.75 Å². The van der Waals surface area contributed by atoms with Crippen molar-refractivity contribution in [3.05, 3.63) is 66.1 Å². The lowest BCUT2D eigenvalue weighted by Gasteiger charge is -2.18. The van der Waals surface area contributed by atoms with E-state index in [2.05, 4.69) is 57.4 Å². The molecule has 0 aliphatic heterocycles. The lowest BCUT2D eigenvalue weighted by molar-refractivity contribution is -0.153. The average molecular weight is 389 g/mol. The minimum atomic E-state index is -4.37. The molecule has 148 valence electrons. The van der Waals surface area contributed by atoms with Crippen LogP contribution in [0.15, 0.2) is 49.2 Å². The van der Waals surface area contributed by atoms with Crippen LogP contribution in [0.25, 0.3) is 16.6 Å². The number of rotatable bonds is 6. The molecule has 0 saturated carbocycles. The van der Waals surface area contributed by atoms with E-state index < -0.39 is 12.8 Å². The zero-order chi connectivity index (χ0) is 20.5. The first-order chi connectivity index (χ1) is 13.1. The van der Waals surface area contributed by atoms with E-state index in [0.29, 0.717) is 5.69 Å². The highest BCUT2D eigenvalue weighted by Gasteiger charge is 2.28. The van der Waals surface area contributed by atoms with E-state index >= 15 is 0 Å². The van der Waals surface area contributed by atoms with Crippen LogP contribution >= 0.6 is 0 Å². The summed E-state index contributed by atoms with van der Waals surface area (Å²) in [6.07, 6.45) is -3.08. The molecule has 0 radical (unpaired) electrons. The Hall–Kier alpha value is -2.96. The van der Waals surface area contributed by atoms with E-state index in [-0.39, 0.29) is 11.8 Å². The summed E-state index contributed by atoms with van der Waals surface area (Å²) < 4.78 is 43.4. The first-order valence-electron chi connectivity index (χ1n) is 8.81. The van der Waals surface area contributed by atoms with Crippen LogP contribution in [0, 0.1) is 6.92 Å². The predicted octanol–water partition coefficient (Wildman–Crippen LogP) is 5.14. The Morgan fingerprint density at radius 2 is 2.00 bits per heavy atom. The minimum absolute atomic E-state index is 0.0798. The summed E-state index contributed by atoms with van der Waals surface area (Å²) in [6, 6.07) is 11.3. The van der Waals surface area contributed by atoms with Crippen molar-refractivity contribution in [2.75, 3.05) is 6.61 Å². The van der Waals surface area contributed by atoms with Crippen LogP contribution < -0.4 is 10.1 Å². The molecule has 0 unspecified atom stereocenters. The monoisotopic (exact) mass is 389 g/mol. The molecule has 1 N–H and O–H groups in total. The largest absolute Gasteiger partial charge is 0.483 e. The standard InChI is InChI=1S/C21H22F3N3O/c1-13-5-8-19-16(9-13)10-20(27(19)4)15(3)26-14(2)18-7-6-17(11-25-18)28-12-21(22,23)24/h5-11,14,26H,3,12H2,1-2,4H3/t14-/m1/s1. The highest BCUT2D eigenvalue weighted by molar-refractivity contribution is 5.85. The van der Waals surface area contributed by atoms with Gasteiger partial charge in [-0.05, 0) is 44.2 Å². The van der Waals surface area contributed by atoms with E-state index in [1.807, 2.05) is 14.0 Å². The van der Waals surface area contributed by atoms with Gasteiger partial charge in [0.15, 0.2) is 6.61 Å². The van der Waals surface area contributed by atoms with Crippen LogP contribution in [-0.4, -0.2) is 22.3 Å². The predicted molar refractivity (Wildman–Crippen MR) is 104 cm³/mol.